The number of fused-ring (bicyclic) bond motifs is 8. The summed E-state index contributed by atoms with van der Waals surface area (Å²) in [6, 6.07) is 58.9. The van der Waals surface area contributed by atoms with Gasteiger partial charge in [0, 0.05) is 36.9 Å². The first-order chi connectivity index (χ1) is 25.3. The zero-order valence-electron chi connectivity index (χ0n) is 27.5. The molecule has 4 heteroatoms. The summed E-state index contributed by atoms with van der Waals surface area (Å²) < 4.78 is 2.62. The largest absolute Gasteiger partial charge is 0.344 e. The van der Waals surface area contributed by atoms with E-state index in [0.29, 0.717) is 0 Å². The van der Waals surface area contributed by atoms with Crippen LogP contribution in [0.4, 0.5) is 0 Å². The lowest BCUT2D eigenvalue weighted by Gasteiger charge is -2.24. The van der Waals surface area contributed by atoms with Crippen molar-refractivity contribution in [2.45, 2.75) is 6.17 Å². The zero-order chi connectivity index (χ0) is 33.5. The predicted molar refractivity (Wildman–Crippen MR) is 216 cm³/mol. The van der Waals surface area contributed by atoms with Gasteiger partial charge in [-0.1, -0.05) is 146 Å². The fraction of sp³-hybridized carbons (Fsp3) is 0.0213. The molecule has 0 radical (unpaired) electrons. The highest BCUT2D eigenvalue weighted by Crippen LogP contribution is 2.52. The van der Waals surface area contributed by atoms with E-state index in [-0.39, 0.29) is 6.17 Å². The van der Waals surface area contributed by atoms with Gasteiger partial charge in [0.05, 0.1) is 0 Å². The number of nitrogens with zero attached hydrogens (tertiary/aromatic N) is 2. The molecule has 0 saturated heterocycles. The van der Waals surface area contributed by atoms with Gasteiger partial charge < -0.3 is 5.32 Å². The maximum Gasteiger partial charge on any atom is 0.159 e. The monoisotopic (exact) mass is 667 g/mol. The van der Waals surface area contributed by atoms with Gasteiger partial charge in [0.2, 0.25) is 0 Å². The molecule has 0 bridgehead atoms. The first-order valence-corrected chi connectivity index (χ1v) is 18.2. The lowest BCUT2D eigenvalue weighted by atomic mass is 9.93. The molecule has 0 amide bonds. The third-order valence-electron chi connectivity index (χ3n) is 10.4. The normalized spacial score (nSPS) is 14.9. The lowest BCUT2D eigenvalue weighted by Crippen LogP contribution is -2.33. The van der Waals surface area contributed by atoms with Crippen LogP contribution < -0.4 is 5.32 Å². The molecule has 11 rings (SSSR count). The fourth-order valence-electron chi connectivity index (χ4n) is 8.16. The molecule has 2 aliphatic rings. The highest BCUT2D eigenvalue weighted by atomic mass is 32.1. The van der Waals surface area contributed by atoms with Gasteiger partial charge in [-0.15, -0.1) is 11.3 Å². The summed E-state index contributed by atoms with van der Waals surface area (Å²) in [5.41, 5.74) is 10.9. The molecule has 8 aromatic carbocycles. The molecule has 1 aromatic heterocycles. The molecule has 9 aromatic rings. The van der Waals surface area contributed by atoms with Crippen molar-refractivity contribution < 1.29 is 0 Å². The number of benzene rings is 8. The fourth-order valence-corrected chi connectivity index (χ4v) is 9.45. The average molecular weight is 668 g/mol. The smallest absolute Gasteiger partial charge is 0.159 e. The van der Waals surface area contributed by atoms with Crippen LogP contribution >= 0.6 is 11.3 Å². The first kappa shape index (κ1) is 28.5. The molecule has 0 fully saturated rings. The van der Waals surface area contributed by atoms with Crippen molar-refractivity contribution in [3.63, 3.8) is 0 Å². The number of amidine groups is 2. The van der Waals surface area contributed by atoms with Gasteiger partial charge in [-0.3, -0.25) is 0 Å². The Balaban J connectivity index is 1.14. The van der Waals surface area contributed by atoms with E-state index in [0.717, 1.165) is 28.4 Å². The Morgan fingerprint density at radius 2 is 1.14 bits per heavy atom. The van der Waals surface area contributed by atoms with E-state index in [9.17, 15) is 0 Å². The number of nitrogens with one attached hydrogen (secondary N) is 1. The van der Waals surface area contributed by atoms with E-state index in [1.807, 2.05) is 23.5 Å². The summed E-state index contributed by atoms with van der Waals surface area (Å²) in [7, 11) is 0. The number of hydrogen-bond acceptors (Lipinski definition) is 4. The van der Waals surface area contributed by atoms with Crippen molar-refractivity contribution in [3.05, 3.63) is 180 Å². The molecular formula is C47H29N3S. The van der Waals surface area contributed by atoms with Crippen LogP contribution in [0.15, 0.2) is 174 Å². The first-order valence-electron chi connectivity index (χ1n) is 17.4. The Hall–Kier alpha value is -6.36. The van der Waals surface area contributed by atoms with Gasteiger partial charge in [-0.25, -0.2) is 9.98 Å². The van der Waals surface area contributed by atoms with E-state index in [4.69, 9.17) is 9.98 Å². The summed E-state index contributed by atoms with van der Waals surface area (Å²) in [5, 5.41) is 11.3. The molecule has 1 N–H and O–H groups in total. The SMILES string of the molecule is c1ccc(C2=NC(c3cc(-c4cccc5c4sc4cc6c7c(cccc7c45)-c4ccccc4-6)c4ccccc4c3)=NC(c3ccccc3)N2)cc1. The second kappa shape index (κ2) is 11.1. The minimum absolute atomic E-state index is 0.258. The standard InChI is InChI=1S/C47H29N3S/c1-3-13-28(14-4-1)45-48-46(29-15-5-2-6-16-29)50-47(49-45)31-25-30-17-7-8-18-32(30)39(26-31)36-22-12-24-38-43-37-23-11-21-35-33-19-9-10-20-34(33)40(42(35)37)27-41(43)51-44(36)38/h1-27,45H,(H,48,49,50). The molecule has 3 nitrogen and oxygen atoms in total. The Bertz CT molecular complexity index is 2940. The van der Waals surface area contributed by atoms with Crippen molar-refractivity contribution >= 4 is 64.7 Å². The maximum atomic E-state index is 5.23. The predicted octanol–water partition coefficient (Wildman–Crippen LogP) is 12.2. The minimum atomic E-state index is -0.258. The summed E-state index contributed by atoms with van der Waals surface area (Å²) in [5.74, 6) is 1.54. The van der Waals surface area contributed by atoms with Gasteiger partial charge in [0.25, 0.3) is 0 Å². The molecule has 0 saturated carbocycles. The molecule has 1 aliphatic heterocycles. The second-order valence-corrected chi connectivity index (χ2v) is 14.4. The topological polar surface area (TPSA) is 36.8 Å². The number of aliphatic imine (C=N–C) groups is 2. The van der Waals surface area contributed by atoms with Gasteiger partial charge in [0.1, 0.15) is 12.0 Å². The Morgan fingerprint density at radius 3 is 1.98 bits per heavy atom. The van der Waals surface area contributed by atoms with Crippen LogP contribution in [0.5, 0.6) is 0 Å². The number of hydrogen-bond donors (Lipinski definition) is 1. The van der Waals surface area contributed by atoms with Crippen LogP contribution in [-0.2, 0) is 0 Å². The van der Waals surface area contributed by atoms with E-state index >= 15 is 0 Å². The van der Waals surface area contributed by atoms with Crippen molar-refractivity contribution in [1.82, 2.24) is 5.32 Å². The van der Waals surface area contributed by atoms with Crippen molar-refractivity contribution in [2.75, 3.05) is 0 Å². The van der Waals surface area contributed by atoms with Gasteiger partial charge >= 0.3 is 0 Å². The number of thiophene rings is 1. The second-order valence-electron chi connectivity index (χ2n) is 13.3. The van der Waals surface area contributed by atoms with E-state index < -0.39 is 0 Å². The lowest BCUT2D eigenvalue weighted by molar-refractivity contribution is 0.674. The molecular weight excluding hydrogens is 639 g/mol. The highest BCUT2D eigenvalue weighted by Gasteiger charge is 2.25. The Morgan fingerprint density at radius 1 is 0.471 bits per heavy atom. The highest BCUT2D eigenvalue weighted by molar-refractivity contribution is 7.26. The Kier molecular flexibility index (Phi) is 6.18. The van der Waals surface area contributed by atoms with Crippen LogP contribution in [0.3, 0.4) is 0 Å². The van der Waals surface area contributed by atoms with Gasteiger partial charge in [0.15, 0.2) is 5.84 Å². The molecule has 0 spiro atoms. The zero-order valence-corrected chi connectivity index (χ0v) is 28.3. The van der Waals surface area contributed by atoms with Crippen LogP contribution in [-0.4, -0.2) is 11.7 Å². The summed E-state index contributed by atoms with van der Waals surface area (Å²) in [4.78, 5) is 10.4. The average Bonchev–Trinajstić information content (AvgIpc) is 3.75. The maximum absolute atomic E-state index is 5.23. The van der Waals surface area contributed by atoms with E-state index in [1.54, 1.807) is 0 Å². The quantitative estimate of drug-likeness (QED) is 0.199. The van der Waals surface area contributed by atoms with Crippen molar-refractivity contribution in [3.8, 4) is 33.4 Å². The molecule has 1 aliphatic carbocycles. The molecule has 2 heterocycles. The minimum Gasteiger partial charge on any atom is -0.344 e. The van der Waals surface area contributed by atoms with Crippen LogP contribution in [0.1, 0.15) is 22.9 Å². The van der Waals surface area contributed by atoms with Crippen LogP contribution in [0.25, 0.3) is 75.1 Å². The summed E-state index contributed by atoms with van der Waals surface area (Å²) >= 11 is 1.90. The van der Waals surface area contributed by atoms with E-state index in [1.165, 1.54) is 75.1 Å². The molecule has 1 unspecified atom stereocenters. The van der Waals surface area contributed by atoms with E-state index in [2.05, 4.69) is 157 Å². The molecule has 1 atom stereocenters. The molecule has 238 valence electrons. The van der Waals surface area contributed by atoms with Gasteiger partial charge in [-0.2, -0.15) is 0 Å². The summed E-state index contributed by atoms with van der Waals surface area (Å²) in [6.45, 7) is 0. The third kappa shape index (κ3) is 4.37. The van der Waals surface area contributed by atoms with Gasteiger partial charge in [-0.05, 0) is 73.1 Å². The van der Waals surface area contributed by atoms with Crippen LogP contribution in [0, 0.1) is 0 Å². The number of rotatable bonds is 4. The Labute approximate surface area is 298 Å². The third-order valence-corrected chi connectivity index (χ3v) is 11.6. The molecule has 51 heavy (non-hydrogen) atoms. The van der Waals surface area contributed by atoms with Crippen molar-refractivity contribution in [2.24, 2.45) is 9.98 Å². The van der Waals surface area contributed by atoms with Crippen molar-refractivity contribution in [1.29, 1.82) is 0 Å². The van der Waals surface area contributed by atoms with Crippen LogP contribution in [0.2, 0.25) is 0 Å². The summed E-state index contributed by atoms with van der Waals surface area (Å²) in [6.07, 6.45) is -0.258.